The standard InChI is InChI=1S/C24H31F3N7O7P/c1-11(2)39-21(36)12(3)33-42(37,41-15-7-13(25)6-14(26)8-15)38-9-16-18(35)24(4,27)22(40-16)34-10-30-17-19(29-5)31-23(28)32-20(17)34/h6-8,10-12,16,18,22,35H,9H2,1-5H3,(H,33,37)(H3,28,29,31,32)/t12-,16+,18+,22+,24+,42-/m0/s1. The molecule has 1 aromatic carbocycles. The monoisotopic (exact) mass is 617 g/mol. The molecule has 230 valence electrons. The minimum Gasteiger partial charge on any atom is -0.462 e. The molecular weight excluding hydrogens is 586 g/mol. The quantitative estimate of drug-likeness (QED) is 0.182. The number of nitrogens with two attached hydrogens (primary N) is 1. The van der Waals surface area contributed by atoms with E-state index in [1.807, 2.05) is 0 Å². The number of anilines is 2. The lowest BCUT2D eigenvalue weighted by atomic mass is 9.98. The van der Waals surface area contributed by atoms with E-state index in [2.05, 4.69) is 25.4 Å². The Morgan fingerprint density at radius 3 is 2.55 bits per heavy atom. The molecule has 2 aromatic heterocycles. The molecule has 5 N–H and O–H groups in total. The molecule has 6 atom stereocenters. The molecule has 0 bridgehead atoms. The van der Waals surface area contributed by atoms with Crippen LogP contribution in [-0.2, 0) is 23.4 Å². The number of rotatable bonds is 11. The number of hydrogen-bond donors (Lipinski definition) is 4. The van der Waals surface area contributed by atoms with Crippen molar-refractivity contribution in [2.75, 3.05) is 24.7 Å². The third kappa shape index (κ3) is 6.60. The molecule has 0 spiro atoms. The number of aliphatic hydroxyl groups is 1. The molecule has 42 heavy (non-hydrogen) atoms. The number of aromatic nitrogens is 4. The lowest BCUT2D eigenvalue weighted by molar-refractivity contribution is -0.149. The molecule has 3 aromatic rings. The zero-order valence-electron chi connectivity index (χ0n) is 23.2. The van der Waals surface area contributed by atoms with Gasteiger partial charge in [0.2, 0.25) is 5.95 Å². The van der Waals surface area contributed by atoms with Crippen molar-refractivity contribution in [3.63, 3.8) is 0 Å². The maximum absolute atomic E-state index is 16.0. The SMILES string of the molecule is CNc1nc(N)nc2c1ncn2[C@@H]1O[C@H](CO[P@@](=O)(N[C@@H](C)C(=O)OC(C)C)Oc2cc(F)cc(F)c2)[C@@H](O)[C@@]1(C)F. The minimum atomic E-state index is -4.65. The lowest BCUT2D eigenvalue weighted by Crippen LogP contribution is -2.41. The average molecular weight is 618 g/mol. The zero-order chi connectivity index (χ0) is 31.0. The summed E-state index contributed by atoms with van der Waals surface area (Å²) < 4.78 is 80.1. The van der Waals surface area contributed by atoms with Gasteiger partial charge in [0.25, 0.3) is 0 Å². The summed E-state index contributed by atoms with van der Waals surface area (Å²) in [7, 11) is -3.07. The average Bonchev–Trinajstić information content (AvgIpc) is 3.38. The first-order valence-corrected chi connectivity index (χ1v) is 14.3. The number of esters is 1. The number of imidazole rings is 1. The van der Waals surface area contributed by atoms with Crippen molar-refractivity contribution in [3.05, 3.63) is 36.2 Å². The number of carbonyl (C=O) groups excluding carboxylic acids is 1. The minimum absolute atomic E-state index is 0.107. The highest BCUT2D eigenvalue weighted by Crippen LogP contribution is 2.48. The molecule has 0 radical (unpaired) electrons. The van der Waals surface area contributed by atoms with E-state index in [1.54, 1.807) is 20.9 Å². The molecule has 0 saturated carbocycles. The van der Waals surface area contributed by atoms with E-state index in [0.717, 1.165) is 19.1 Å². The summed E-state index contributed by atoms with van der Waals surface area (Å²) in [6.07, 6.45) is -4.08. The molecule has 18 heteroatoms. The van der Waals surface area contributed by atoms with Gasteiger partial charge in [-0.15, -0.1) is 0 Å². The molecule has 1 fully saturated rings. The number of ether oxygens (including phenoxy) is 2. The molecule has 0 aliphatic carbocycles. The first-order chi connectivity index (χ1) is 19.6. The van der Waals surface area contributed by atoms with Crippen molar-refractivity contribution < 1.29 is 46.2 Å². The van der Waals surface area contributed by atoms with Crippen molar-refractivity contribution in [2.24, 2.45) is 0 Å². The smallest absolute Gasteiger partial charge is 0.459 e. The maximum atomic E-state index is 16.0. The normalized spacial score (nSPS) is 24.5. The summed E-state index contributed by atoms with van der Waals surface area (Å²) in [5.41, 5.74) is 3.68. The number of hydrogen-bond acceptors (Lipinski definition) is 12. The van der Waals surface area contributed by atoms with Gasteiger partial charge in [-0.05, 0) is 27.7 Å². The molecule has 1 aliphatic rings. The first kappa shape index (κ1) is 31.4. The largest absolute Gasteiger partial charge is 0.462 e. The number of benzene rings is 1. The summed E-state index contributed by atoms with van der Waals surface area (Å²) in [6.45, 7) is 4.81. The summed E-state index contributed by atoms with van der Waals surface area (Å²) in [4.78, 5) is 24.7. The highest BCUT2D eigenvalue weighted by Gasteiger charge is 2.56. The number of nitrogen functional groups attached to an aromatic ring is 1. The Bertz CT molecular complexity index is 1490. The topological polar surface area (TPSA) is 185 Å². The summed E-state index contributed by atoms with van der Waals surface area (Å²) in [5.74, 6) is -3.28. The van der Waals surface area contributed by atoms with Crippen LogP contribution in [0.1, 0.15) is 33.9 Å². The van der Waals surface area contributed by atoms with Gasteiger partial charge in [0.15, 0.2) is 28.9 Å². The molecule has 0 unspecified atom stereocenters. The molecule has 0 amide bonds. The van der Waals surface area contributed by atoms with E-state index in [4.69, 9.17) is 24.3 Å². The van der Waals surface area contributed by atoms with Crippen LogP contribution in [0.4, 0.5) is 24.9 Å². The molecule has 4 rings (SSSR count). The van der Waals surface area contributed by atoms with Crippen molar-refractivity contribution in [1.82, 2.24) is 24.6 Å². The summed E-state index contributed by atoms with van der Waals surface area (Å²) >= 11 is 0. The summed E-state index contributed by atoms with van der Waals surface area (Å²) in [5, 5.41) is 16.0. The van der Waals surface area contributed by atoms with Crippen LogP contribution in [0.25, 0.3) is 11.2 Å². The Balaban J connectivity index is 1.59. The van der Waals surface area contributed by atoms with Crippen LogP contribution in [0.3, 0.4) is 0 Å². The van der Waals surface area contributed by atoms with Crippen molar-refractivity contribution in [2.45, 2.75) is 63.9 Å². The molecule has 1 saturated heterocycles. The van der Waals surface area contributed by atoms with Gasteiger partial charge >= 0.3 is 13.7 Å². The second-order valence-electron chi connectivity index (χ2n) is 9.95. The Morgan fingerprint density at radius 1 is 1.26 bits per heavy atom. The van der Waals surface area contributed by atoms with Gasteiger partial charge in [0.05, 0.1) is 19.0 Å². The fourth-order valence-electron chi connectivity index (χ4n) is 4.24. The number of aliphatic hydroxyl groups excluding tert-OH is 1. The predicted octanol–water partition coefficient (Wildman–Crippen LogP) is 2.85. The zero-order valence-corrected chi connectivity index (χ0v) is 24.1. The van der Waals surface area contributed by atoms with Crippen LogP contribution in [0.5, 0.6) is 5.75 Å². The van der Waals surface area contributed by atoms with Crippen LogP contribution < -0.4 is 20.7 Å². The lowest BCUT2D eigenvalue weighted by Gasteiger charge is -2.25. The number of carbonyl (C=O) groups is 1. The molecular formula is C24H31F3N7O7P. The van der Waals surface area contributed by atoms with Gasteiger partial charge < -0.3 is 30.2 Å². The van der Waals surface area contributed by atoms with Gasteiger partial charge in [0, 0.05) is 25.2 Å². The van der Waals surface area contributed by atoms with E-state index in [-0.39, 0.29) is 22.9 Å². The van der Waals surface area contributed by atoms with Crippen molar-refractivity contribution >= 4 is 36.6 Å². The van der Waals surface area contributed by atoms with Crippen molar-refractivity contribution in [1.29, 1.82) is 0 Å². The predicted molar refractivity (Wildman–Crippen MR) is 143 cm³/mol. The van der Waals surface area contributed by atoms with E-state index < -0.39 is 74.0 Å². The highest BCUT2D eigenvalue weighted by molar-refractivity contribution is 7.52. The van der Waals surface area contributed by atoms with Gasteiger partial charge in [-0.1, -0.05) is 0 Å². The van der Waals surface area contributed by atoms with Gasteiger partial charge in [-0.25, -0.2) is 22.7 Å². The number of alkyl halides is 1. The van der Waals surface area contributed by atoms with Crippen molar-refractivity contribution in [3.8, 4) is 5.75 Å². The Morgan fingerprint density at radius 2 is 1.93 bits per heavy atom. The van der Waals surface area contributed by atoms with Gasteiger partial charge in [0.1, 0.15) is 35.6 Å². The third-order valence-corrected chi connectivity index (χ3v) is 7.82. The first-order valence-electron chi connectivity index (χ1n) is 12.7. The third-order valence-electron chi connectivity index (χ3n) is 6.17. The summed E-state index contributed by atoms with van der Waals surface area (Å²) in [6, 6.07) is 0.765. The second-order valence-corrected chi connectivity index (χ2v) is 11.6. The molecule has 14 nitrogen and oxygen atoms in total. The molecule has 1 aliphatic heterocycles. The van der Waals surface area contributed by atoms with Crippen LogP contribution in [0.15, 0.2) is 24.5 Å². The van der Waals surface area contributed by atoms with E-state index in [0.29, 0.717) is 6.07 Å². The highest BCUT2D eigenvalue weighted by atomic mass is 31.2. The fourth-order valence-corrected chi connectivity index (χ4v) is 5.72. The Labute approximate surface area is 238 Å². The Kier molecular flexibility index (Phi) is 8.99. The number of nitrogens with zero attached hydrogens (tertiary/aromatic N) is 4. The number of nitrogens with one attached hydrogen (secondary N) is 2. The number of fused-ring (bicyclic) bond motifs is 1. The second kappa shape index (κ2) is 12.0. The van der Waals surface area contributed by atoms with Crippen LogP contribution in [0.2, 0.25) is 0 Å². The van der Waals surface area contributed by atoms with E-state index in [1.165, 1.54) is 17.8 Å². The van der Waals surface area contributed by atoms with Crippen LogP contribution in [0, 0.1) is 11.6 Å². The fraction of sp³-hybridized carbons (Fsp3) is 0.500. The van der Waals surface area contributed by atoms with E-state index >= 15 is 4.39 Å². The van der Waals surface area contributed by atoms with Gasteiger partial charge in [-0.2, -0.15) is 15.1 Å². The van der Waals surface area contributed by atoms with Gasteiger partial charge in [-0.3, -0.25) is 13.9 Å². The Hall–Kier alpha value is -3.50. The van der Waals surface area contributed by atoms with Crippen LogP contribution >= 0.6 is 7.75 Å². The van der Waals surface area contributed by atoms with E-state index in [9.17, 15) is 23.2 Å². The number of halogens is 3. The van der Waals surface area contributed by atoms with Crippen LogP contribution in [-0.4, -0.2) is 74.3 Å². The molecule has 3 heterocycles. The maximum Gasteiger partial charge on any atom is 0.459 e.